The standard InChI is InChI=1S/C12H11ClN2S/c13-9-3-1-2-7-11(14)8-6-16-5-4-10(8)15-12(7)9/h1-3H,4-6H2,(H2,14,15). The summed E-state index contributed by atoms with van der Waals surface area (Å²) in [6.45, 7) is 0. The molecular formula is C12H11ClN2S. The summed E-state index contributed by atoms with van der Waals surface area (Å²) in [4.78, 5) is 4.65. The van der Waals surface area contributed by atoms with Crippen molar-refractivity contribution in [2.45, 2.75) is 12.2 Å². The second-order valence-corrected chi connectivity index (χ2v) is 5.40. The molecule has 0 unspecified atom stereocenters. The smallest absolute Gasteiger partial charge is 0.0912 e. The van der Waals surface area contributed by atoms with Crippen molar-refractivity contribution in [1.29, 1.82) is 0 Å². The van der Waals surface area contributed by atoms with Crippen molar-refractivity contribution in [3.05, 3.63) is 34.5 Å². The van der Waals surface area contributed by atoms with Crippen LogP contribution in [0, 0.1) is 0 Å². The van der Waals surface area contributed by atoms with E-state index in [-0.39, 0.29) is 0 Å². The first-order chi connectivity index (χ1) is 7.77. The van der Waals surface area contributed by atoms with Gasteiger partial charge in [0.15, 0.2) is 0 Å². The molecule has 0 atom stereocenters. The van der Waals surface area contributed by atoms with Gasteiger partial charge in [0.1, 0.15) is 0 Å². The number of nitrogens with two attached hydrogens (primary N) is 1. The minimum absolute atomic E-state index is 0.685. The van der Waals surface area contributed by atoms with Crippen LogP contribution < -0.4 is 5.73 Å². The number of para-hydroxylation sites is 1. The summed E-state index contributed by atoms with van der Waals surface area (Å²) in [7, 11) is 0. The Morgan fingerprint density at radius 2 is 2.25 bits per heavy atom. The first-order valence-electron chi connectivity index (χ1n) is 5.20. The highest BCUT2D eigenvalue weighted by molar-refractivity contribution is 7.98. The predicted molar refractivity (Wildman–Crippen MR) is 71.0 cm³/mol. The van der Waals surface area contributed by atoms with Gasteiger partial charge < -0.3 is 5.73 Å². The van der Waals surface area contributed by atoms with Crippen molar-refractivity contribution in [2.75, 3.05) is 11.5 Å². The third-order valence-electron chi connectivity index (χ3n) is 2.93. The fourth-order valence-electron chi connectivity index (χ4n) is 2.08. The van der Waals surface area contributed by atoms with Crippen molar-refractivity contribution >= 4 is 40.0 Å². The Labute approximate surface area is 103 Å². The first-order valence-corrected chi connectivity index (χ1v) is 6.74. The van der Waals surface area contributed by atoms with Crippen LogP contribution in [0.2, 0.25) is 5.02 Å². The maximum absolute atomic E-state index is 6.20. The molecule has 0 radical (unpaired) electrons. The van der Waals surface area contributed by atoms with E-state index >= 15 is 0 Å². The van der Waals surface area contributed by atoms with Gasteiger partial charge in [0, 0.05) is 28.1 Å². The fraction of sp³-hybridized carbons (Fsp3) is 0.250. The van der Waals surface area contributed by atoms with Gasteiger partial charge >= 0.3 is 0 Å². The van der Waals surface area contributed by atoms with E-state index in [0.717, 1.165) is 40.2 Å². The van der Waals surface area contributed by atoms with Gasteiger partial charge in [-0.2, -0.15) is 11.8 Å². The first kappa shape index (κ1) is 10.2. The molecule has 16 heavy (non-hydrogen) atoms. The van der Waals surface area contributed by atoms with Gasteiger partial charge in [-0.3, -0.25) is 4.98 Å². The molecule has 1 aliphatic rings. The molecule has 2 N–H and O–H groups in total. The van der Waals surface area contributed by atoms with Crippen LogP contribution in [0.15, 0.2) is 18.2 Å². The quantitative estimate of drug-likeness (QED) is 0.780. The molecule has 0 fully saturated rings. The van der Waals surface area contributed by atoms with Crippen LogP contribution in [-0.4, -0.2) is 10.7 Å². The lowest BCUT2D eigenvalue weighted by atomic mass is 10.1. The third-order valence-corrected chi connectivity index (χ3v) is 4.22. The summed E-state index contributed by atoms with van der Waals surface area (Å²) in [5.41, 5.74) is 10.2. The van der Waals surface area contributed by atoms with E-state index in [1.807, 2.05) is 30.0 Å². The summed E-state index contributed by atoms with van der Waals surface area (Å²) in [5, 5.41) is 1.67. The van der Waals surface area contributed by atoms with Crippen LogP contribution in [0.4, 0.5) is 5.69 Å². The Bertz CT molecular complexity index is 568. The predicted octanol–water partition coefficient (Wildman–Crippen LogP) is 3.26. The van der Waals surface area contributed by atoms with Crippen molar-refractivity contribution < 1.29 is 0 Å². The number of hydrogen-bond donors (Lipinski definition) is 1. The molecule has 1 aromatic heterocycles. The Morgan fingerprint density at radius 3 is 3.12 bits per heavy atom. The molecule has 0 saturated carbocycles. The van der Waals surface area contributed by atoms with Gasteiger partial charge in [0.2, 0.25) is 0 Å². The molecule has 3 rings (SSSR count). The number of anilines is 1. The fourth-order valence-corrected chi connectivity index (χ4v) is 3.30. The van der Waals surface area contributed by atoms with E-state index in [9.17, 15) is 0 Å². The Morgan fingerprint density at radius 1 is 1.38 bits per heavy atom. The van der Waals surface area contributed by atoms with Crippen molar-refractivity contribution in [3.63, 3.8) is 0 Å². The molecule has 0 amide bonds. The topological polar surface area (TPSA) is 38.9 Å². The molecule has 4 heteroatoms. The zero-order valence-electron chi connectivity index (χ0n) is 8.66. The van der Waals surface area contributed by atoms with E-state index in [2.05, 4.69) is 4.98 Å². The van der Waals surface area contributed by atoms with Crippen LogP contribution in [0.1, 0.15) is 11.3 Å². The lowest BCUT2D eigenvalue weighted by Gasteiger charge is -2.18. The highest BCUT2D eigenvalue weighted by Gasteiger charge is 2.17. The van der Waals surface area contributed by atoms with E-state index in [4.69, 9.17) is 17.3 Å². The molecule has 2 aromatic rings. The lowest BCUT2D eigenvalue weighted by molar-refractivity contribution is 1.01. The molecule has 0 spiro atoms. The molecule has 0 saturated heterocycles. The molecule has 2 nitrogen and oxygen atoms in total. The number of aryl methyl sites for hydroxylation is 1. The zero-order valence-corrected chi connectivity index (χ0v) is 10.2. The normalized spacial score (nSPS) is 15.1. The average Bonchev–Trinajstić information content (AvgIpc) is 2.31. The number of pyridine rings is 1. The van der Waals surface area contributed by atoms with E-state index in [1.54, 1.807) is 0 Å². The summed E-state index contributed by atoms with van der Waals surface area (Å²) < 4.78 is 0. The molecule has 0 bridgehead atoms. The van der Waals surface area contributed by atoms with Crippen LogP contribution in [0.25, 0.3) is 10.9 Å². The van der Waals surface area contributed by atoms with Crippen LogP contribution in [0.3, 0.4) is 0 Å². The van der Waals surface area contributed by atoms with E-state index < -0.39 is 0 Å². The minimum Gasteiger partial charge on any atom is -0.398 e. The zero-order chi connectivity index (χ0) is 11.1. The molecular weight excluding hydrogens is 240 g/mol. The second kappa shape index (κ2) is 3.82. The SMILES string of the molecule is Nc1c2c(nc3c(Cl)cccc13)CCSC2. The monoisotopic (exact) mass is 250 g/mol. The van der Waals surface area contributed by atoms with Gasteiger partial charge in [-0.15, -0.1) is 0 Å². The van der Waals surface area contributed by atoms with Crippen molar-refractivity contribution in [2.24, 2.45) is 0 Å². The number of nitrogen functional groups attached to an aromatic ring is 1. The second-order valence-electron chi connectivity index (χ2n) is 3.89. The largest absolute Gasteiger partial charge is 0.398 e. The molecule has 1 aromatic carbocycles. The summed E-state index contributed by atoms with van der Waals surface area (Å²) in [5.74, 6) is 2.09. The molecule has 1 aliphatic heterocycles. The minimum atomic E-state index is 0.685. The van der Waals surface area contributed by atoms with Crippen LogP contribution in [0.5, 0.6) is 0 Å². The number of thioether (sulfide) groups is 1. The number of halogens is 1. The lowest BCUT2D eigenvalue weighted by Crippen LogP contribution is -2.09. The van der Waals surface area contributed by atoms with E-state index in [1.165, 1.54) is 5.56 Å². The number of aromatic nitrogens is 1. The number of nitrogens with zero attached hydrogens (tertiary/aromatic N) is 1. The highest BCUT2D eigenvalue weighted by Crippen LogP contribution is 2.34. The molecule has 2 heterocycles. The number of benzene rings is 1. The summed E-state index contributed by atoms with van der Waals surface area (Å²) >= 11 is 8.06. The van der Waals surface area contributed by atoms with E-state index in [0.29, 0.717) is 5.02 Å². The maximum atomic E-state index is 6.20. The highest BCUT2D eigenvalue weighted by atomic mass is 35.5. The number of rotatable bonds is 0. The van der Waals surface area contributed by atoms with Gasteiger partial charge in [0.25, 0.3) is 0 Å². The molecule has 0 aliphatic carbocycles. The maximum Gasteiger partial charge on any atom is 0.0912 e. The van der Waals surface area contributed by atoms with Gasteiger partial charge in [-0.1, -0.05) is 23.7 Å². The van der Waals surface area contributed by atoms with Crippen molar-refractivity contribution in [3.8, 4) is 0 Å². The Balaban J connectivity index is 2.39. The third kappa shape index (κ3) is 1.46. The Kier molecular flexibility index (Phi) is 2.45. The Hall–Kier alpha value is -0.930. The molecule has 82 valence electrons. The number of fused-ring (bicyclic) bond motifs is 2. The number of hydrogen-bond acceptors (Lipinski definition) is 3. The van der Waals surface area contributed by atoms with Gasteiger partial charge in [-0.05, 0) is 18.2 Å². The van der Waals surface area contributed by atoms with Crippen LogP contribution >= 0.6 is 23.4 Å². The van der Waals surface area contributed by atoms with Gasteiger partial charge in [0.05, 0.1) is 10.5 Å². The van der Waals surface area contributed by atoms with Crippen LogP contribution in [-0.2, 0) is 12.2 Å². The van der Waals surface area contributed by atoms with Gasteiger partial charge in [-0.25, -0.2) is 0 Å². The summed E-state index contributed by atoms with van der Waals surface area (Å²) in [6, 6.07) is 5.77. The summed E-state index contributed by atoms with van der Waals surface area (Å²) in [6.07, 6.45) is 0.991. The van der Waals surface area contributed by atoms with Crippen molar-refractivity contribution in [1.82, 2.24) is 4.98 Å². The average molecular weight is 251 g/mol.